The van der Waals surface area contributed by atoms with Gasteiger partial charge in [0.05, 0.1) is 0 Å². The van der Waals surface area contributed by atoms with Crippen molar-refractivity contribution >= 4 is 16.7 Å². The molecule has 0 radical (unpaired) electrons. The smallest absolute Gasteiger partial charge is 0.205 e. The molecule has 1 saturated heterocycles. The van der Waals surface area contributed by atoms with E-state index in [1.54, 1.807) is 11.5 Å². The van der Waals surface area contributed by atoms with Crippen LogP contribution in [0.1, 0.15) is 32.5 Å². The van der Waals surface area contributed by atoms with Gasteiger partial charge in [0.1, 0.15) is 5.82 Å². The number of rotatable bonds is 6. The Morgan fingerprint density at radius 1 is 1.30 bits per heavy atom. The summed E-state index contributed by atoms with van der Waals surface area (Å²) in [5.74, 6) is 1.59. The average Bonchev–Trinajstić information content (AvgIpc) is 2.78. The fraction of sp³-hybridized carbons (Fsp3) is 0.857. The van der Waals surface area contributed by atoms with Crippen molar-refractivity contribution in [3.8, 4) is 0 Å². The van der Waals surface area contributed by atoms with Crippen molar-refractivity contribution in [2.24, 2.45) is 11.7 Å². The Balaban J connectivity index is 1.88. The Morgan fingerprint density at radius 3 is 2.90 bits per heavy atom. The zero-order chi connectivity index (χ0) is 14.4. The third-order valence-electron chi connectivity index (χ3n) is 3.76. The minimum absolute atomic E-state index is 0.583. The monoisotopic (exact) mass is 297 g/mol. The van der Waals surface area contributed by atoms with Crippen molar-refractivity contribution in [3.63, 3.8) is 0 Å². The lowest BCUT2D eigenvalue weighted by Crippen LogP contribution is -2.35. The highest BCUT2D eigenvalue weighted by Gasteiger charge is 2.18. The SMILES string of the molecule is CCCc1nsc(N2CCCN(CC(C)CN)CC2)n1. The summed E-state index contributed by atoms with van der Waals surface area (Å²) in [4.78, 5) is 9.59. The van der Waals surface area contributed by atoms with E-state index in [0.717, 1.165) is 56.5 Å². The summed E-state index contributed by atoms with van der Waals surface area (Å²) < 4.78 is 4.45. The summed E-state index contributed by atoms with van der Waals surface area (Å²) >= 11 is 1.55. The van der Waals surface area contributed by atoms with Gasteiger partial charge in [0, 0.05) is 44.1 Å². The van der Waals surface area contributed by atoms with Crippen LogP contribution in [0.2, 0.25) is 0 Å². The summed E-state index contributed by atoms with van der Waals surface area (Å²) in [6, 6.07) is 0. The first-order chi connectivity index (χ1) is 9.72. The molecule has 1 atom stereocenters. The number of aromatic nitrogens is 2. The van der Waals surface area contributed by atoms with Crippen LogP contribution in [0.15, 0.2) is 0 Å². The first-order valence-electron chi connectivity index (χ1n) is 7.73. The van der Waals surface area contributed by atoms with E-state index in [0.29, 0.717) is 5.92 Å². The van der Waals surface area contributed by atoms with E-state index in [2.05, 4.69) is 33.0 Å². The van der Waals surface area contributed by atoms with Crippen LogP contribution < -0.4 is 10.6 Å². The third kappa shape index (κ3) is 4.40. The van der Waals surface area contributed by atoms with Gasteiger partial charge < -0.3 is 15.5 Å². The number of hydrogen-bond donors (Lipinski definition) is 1. The van der Waals surface area contributed by atoms with Gasteiger partial charge in [-0.15, -0.1) is 0 Å². The molecule has 2 rings (SSSR count). The molecule has 114 valence electrons. The quantitative estimate of drug-likeness (QED) is 0.864. The zero-order valence-electron chi connectivity index (χ0n) is 12.7. The summed E-state index contributed by atoms with van der Waals surface area (Å²) in [6.07, 6.45) is 3.30. The molecule has 5 nitrogen and oxygen atoms in total. The Hall–Kier alpha value is -0.720. The van der Waals surface area contributed by atoms with E-state index in [-0.39, 0.29) is 0 Å². The molecule has 1 aromatic heterocycles. The molecule has 0 spiro atoms. The minimum atomic E-state index is 0.583. The van der Waals surface area contributed by atoms with Gasteiger partial charge in [0.2, 0.25) is 5.13 Å². The fourth-order valence-electron chi connectivity index (χ4n) is 2.56. The zero-order valence-corrected chi connectivity index (χ0v) is 13.5. The highest BCUT2D eigenvalue weighted by molar-refractivity contribution is 7.09. The van der Waals surface area contributed by atoms with Crippen molar-refractivity contribution < 1.29 is 0 Å². The van der Waals surface area contributed by atoms with Crippen LogP contribution in [0.25, 0.3) is 0 Å². The van der Waals surface area contributed by atoms with E-state index in [9.17, 15) is 0 Å². The van der Waals surface area contributed by atoms with Gasteiger partial charge in [0.15, 0.2) is 0 Å². The van der Waals surface area contributed by atoms with Crippen LogP contribution in [-0.2, 0) is 6.42 Å². The number of hydrogen-bond acceptors (Lipinski definition) is 6. The molecule has 2 N–H and O–H groups in total. The summed E-state index contributed by atoms with van der Waals surface area (Å²) in [5, 5.41) is 1.10. The van der Waals surface area contributed by atoms with Gasteiger partial charge in [-0.2, -0.15) is 4.37 Å². The molecule has 6 heteroatoms. The van der Waals surface area contributed by atoms with Gasteiger partial charge in [-0.05, 0) is 31.8 Å². The van der Waals surface area contributed by atoms with Crippen LogP contribution in [0, 0.1) is 5.92 Å². The Morgan fingerprint density at radius 2 is 2.15 bits per heavy atom. The highest BCUT2D eigenvalue weighted by atomic mass is 32.1. The van der Waals surface area contributed by atoms with Crippen LogP contribution >= 0.6 is 11.5 Å². The maximum atomic E-state index is 5.72. The van der Waals surface area contributed by atoms with E-state index in [1.165, 1.54) is 13.0 Å². The maximum absolute atomic E-state index is 5.72. The summed E-state index contributed by atoms with van der Waals surface area (Å²) in [7, 11) is 0. The number of aryl methyl sites for hydroxylation is 1. The van der Waals surface area contributed by atoms with Crippen molar-refractivity contribution in [2.75, 3.05) is 44.2 Å². The van der Waals surface area contributed by atoms with E-state index in [1.807, 2.05) is 0 Å². The minimum Gasteiger partial charge on any atom is -0.346 e. The maximum Gasteiger partial charge on any atom is 0.205 e. The first-order valence-corrected chi connectivity index (χ1v) is 8.50. The molecule has 0 aliphatic carbocycles. The van der Waals surface area contributed by atoms with Crippen molar-refractivity contribution in [2.45, 2.75) is 33.1 Å². The molecule has 1 aliphatic rings. The van der Waals surface area contributed by atoms with Gasteiger partial charge in [-0.3, -0.25) is 0 Å². The van der Waals surface area contributed by atoms with E-state index >= 15 is 0 Å². The summed E-state index contributed by atoms with van der Waals surface area (Å²) in [5.41, 5.74) is 5.72. The van der Waals surface area contributed by atoms with Crippen LogP contribution in [0.4, 0.5) is 5.13 Å². The topological polar surface area (TPSA) is 58.3 Å². The van der Waals surface area contributed by atoms with E-state index < -0.39 is 0 Å². The average molecular weight is 297 g/mol. The molecular formula is C14H27N5S. The molecule has 1 aromatic rings. The molecule has 0 bridgehead atoms. The number of nitrogens with zero attached hydrogens (tertiary/aromatic N) is 4. The molecular weight excluding hydrogens is 270 g/mol. The fourth-order valence-corrected chi connectivity index (χ4v) is 3.32. The second-order valence-corrected chi connectivity index (χ2v) is 6.46. The number of nitrogens with two attached hydrogens (primary N) is 1. The molecule has 1 unspecified atom stereocenters. The van der Waals surface area contributed by atoms with Crippen LogP contribution in [-0.4, -0.2) is 53.5 Å². The van der Waals surface area contributed by atoms with E-state index in [4.69, 9.17) is 5.73 Å². The van der Waals surface area contributed by atoms with Crippen LogP contribution in [0.3, 0.4) is 0 Å². The molecule has 0 amide bonds. The predicted molar refractivity (Wildman–Crippen MR) is 85.4 cm³/mol. The normalized spacial score (nSPS) is 19.1. The lowest BCUT2D eigenvalue weighted by molar-refractivity contribution is 0.255. The highest BCUT2D eigenvalue weighted by Crippen LogP contribution is 2.20. The standard InChI is InChI=1S/C14H27N5S/c1-3-5-13-16-14(20-17-13)19-7-4-6-18(8-9-19)11-12(2)10-15/h12H,3-11,15H2,1-2H3. The third-order valence-corrected chi connectivity index (χ3v) is 4.58. The lowest BCUT2D eigenvalue weighted by atomic mass is 10.1. The van der Waals surface area contributed by atoms with Gasteiger partial charge in [-0.25, -0.2) is 4.98 Å². The molecule has 20 heavy (non-hydrogen) atoms. The van der Waals surface area contributed by atoms with Gasteiger partial charge in [-0.1, -0.05) is 13.8 Å². The van der Waals surface area contributed by atoms with Gasteiger partial charge in [0.25, 0.3) is 0 Å². The summed E-state index contributed by atoms with van der Waals surface area (Å²) in [6.45, 7) is 10.7. The molecule has 1 fully saturated rings. The Bertz CT molecular complexity index is 395. The largest absolute Gasteiger partial charge is 0.346 e. The molecule has 2 heterocycles. The lowest BCUT2D eigenvalue weighted by Gasteiger charge is -2.23. The van der Waals surface area contributed by atoms with Gasteiger partial charge >= 0.3 is 0 Å². The Kier molecular flexibility index (Phi) is 6.19. The van der Waals surface area contributed by atoms with Crippen molar-refractivity contribution in [1.82, 2.24) is 14.3 Å². The molecule has 1 aliphatic heterocycles. The second-order valence-electron chi connectivity index (χ2n) is 5.73. The van der Waals surface area contributed by atoms with Crippen LogP contribution in [0.5, 0.6) is 0 Å². The number of anilines is 1. The Labute approximate surface area is 126 Å². The van der Waals surface area contributed by atoms with Crippen molar-refractivity contribution in [3.05, 3.63) is 5.82 Å². The molecule has 0 aromatic carbocycles. The first kappa shape index (κ1) is 15.7. The second kappa shape index (κ2) is 7.90. The predicted octanol–water partition coefficient (Wildman–Crippen LogP) is 1.60. The van der Waals surface area contributed by atoms with Crippen molar-refractivity contribution in [1.29, 1.82) is 0 Å². The molecule has 0 saturated carbocycles.